The molecule has 1 aromatic rings. The van der Waals surface area contributed by atoms with E-state index in [0.29, 0.717) is 17.9 Å². The standard InChI is InChI=1S/C15H23N3/c1-9(2)13-8-14(11(5)16-10(3)4)18-15(17-13)12-6-7-12/h8-10,12,16H,5-7H2,1-4H3. The molecule has 2 rings (SSSR count). The fourth-order valence-corrected chi connectivity index (χ4v) is 1.88. The van der Waals surface area contributed by atoms with E-state index in [1.165, 1.54) is 12.8 Å². The molecule has 0 atom stereocenters. The normalized spacial score (nSPS) is 15.2. The molecule has 1 heterocycles. The largest absolute Gasteiger partial charge is 0.382 e. The SMILES string of the molecule is C=C(NC(C)C)c1cc(C(C)C)nc(C2CC2)n1. The Kier molecular flexibility index (Phi) is 3.69. The first kappa shape index (κ1) is 13.1. The Bertz CT molecular complexity index is 425. The summed E-state index contributed by atoms with van der Waals surface area (Å²) in [5, 5.41) is 3.33. The van der Waals surface area contributed by atoms with Crippen molar-refractivity contribution in [3.8, 4) is 0 Å². The molecule has 98 valence electrons. The Morgan fingerprint density at radius 1 is 1.28 bits per heavy atom. The molecular formula is C15H23N3. The van der Waals surface area contributed by atoms with Crippen LogP contribution in [0.3, 0.4) is 0 Å². The molecule has 0 bridgehead atoms. The van der Waals surface area contributed by atoms with Gasteiger partial charge in [0.2, 0.25) is 0 Å². The molecule has 1 aliphatic rings. The lowest BCUT2D eigenvalue weighted by Crippen LogP contribution is -2.21. The quantitative estimate of drug-likeness (QED) is 0.863. The highest BCUT2D eigenvalue weighted by molar-refractivity contribution is 5.58. The molecule has 0 radical (unpaired) electrons. The van der Waals surface area contributed by atoms with Gasteiger partial charge in [0.25, 0.3) is 0 Å². The molecule has 1 aliphatic carbocycles. The van der Waals surface area contributed by atoms with E-state index in [0.717, 1.165) is 22.9 Å². The van der Waals surface area contributed by atoms with Gasteiger partial charge < -0.3 is 5.32 Å². The van der Waals surface area contributed by atoms with Gasteiger partial charge in [-0.3, -0.25) is 0 Å². The first-order valence-corrected chi connectivity index (χ1v) is 6.82. The van der Waals surface area contributed by atoms with Gasteiger partial charge in [-0.15, -0.1) is 0 Å². The number of nitrogens with one attached hydrogen (secondary N) is 1. The zero-order chi connectivity index (χ0) is 13.3. The summed E-state index contributed by atoms with van der Waals surface area (Å²) in [4.78, 5) is 9.33. The predicted octanol–water partition coefficient (Wildman–Crippen LogP) is 3.45. The summed E-state index contributed by atoms with van der Waals surface area (Å²) in [7, 11) is 0. The third-order valence-corrected chi connectivity index (χ3v) is 3.07. The Hall–Kier alpha value is -1.38. The second-order valence-corrected chi connectivity index (χ2v) is 5.74. The van der Waals surface area contributed by atoms with Crippen molar-refractivity contribution >= 4 is 5.70 Å². The van der Waals surface area contributed by atoms with Crippen molar-refractivity contribution < 1.29 is 0 Å². The zero-order valence-electron chi connectivity index (χ0n) is 11.8. The van der Waals surface area contributed by atoms with Crippen LogP contribution in [0.15, 0.2) is 12.6 Å². The summed E-state index contributed by atoms with van der Waals surface area (Å²) in [5.41, 5.74) is 2.97. The topological polar surface area (TPSA) is 37.8 Å². The monoisotopic (exact) mass is 245 g/mol. The molecule has 1 aromatic heterocycles. The van der Waals surface area contributed by atoms with Crippen LogP contribution in [0.1, 0.15) is 69.6 Å². The third-order valence-electron chi connectivity index (χ3n) is 3.07. The molecule has 1 N–H and O–H groups in total. The highest BCUT2D eigenvalue weighted by atomic mass is 15.0. The molecule has 0 saturated heterocycles. The van der Waals surface area contributed by atoms with Gasteiger partial charge in [0.05, 0.1) is 11.4 Å². The van der Waals surface area contributed by atoms with Gasteiger partial charge in [-0.2, -0.15) is 0 Å². The summed E-state index contributed by atoms with van der Waals surface area (Å²) in [5.74, 6) is 2.01. The van der Waals surface area contributed by atoms with Gasteiger partial charge in [-0.05, 0) is 38.7 Å². The molecule has 18 heavy (non-hydrogen) atoms. The highest BCUT2D eigenvalue weighted by Gasteiger charge is 2.27. The fourth-order valence-electron chi connectivity index (χ4n) is 1.88. The number of aromatic nitrogens is 2. The van der Waals surface area contributed by atoms with E-state index in [-0.39, 0.29) is 0 Å². The zero-order valence-corrected chi connectivity index (χ0v) is 11.8. The lowest BCUT2D eigenvalue weighted by Gasteiger charge is -2.15. The molecule has 0 unspecified atom stereocenters. The van der Waals surface area contributed by atoms with Gasteiger partial charge in [0.1, 0.15) is 5.82 Å². The molecule has 0 aromatic carbocycles. The van der Waals surface area contributed by atoms with Gasteiger partial charge in [-0.25, -0.2) is 9.97 Å². The van der Waals surface area contributed by atoms with Gasteiger partial charge in [-0.1, -0.05) is 20.4 Å². The van der Waals surface area contributed by atoms with E-state index >= 15 is 0 Å². The Balaban J connectivity index is 2.30. The third kappa shape index (κ3) is 3.09. The van der Waals surface area contributed by atoms with Crippen LogP contribution in [0.25, 0.3) is 5.70 Å². The summed E-state index contributed by atoms with van der Waals surface area (Å²) in [6.07, 6.45) is 2.45. The maximum absolute atomic E-state index is 4.68. The minimum absolute atomic E-state index is 0.374. The van der Waals surface area contributed by atoms with Crippen LogP contribution in [-0.2, 0) is 0 Å². The minimum Gasteiger partial charge on any atom is -0.382 e. The second kappa shape index (κ2) is 5.09. The van der Waals surface area contributed by atoms with Crippen LogP contribution in [-0.4, -0.2) is 16.0 Å². The Morgan fingerprint density at radius 3 is 2.44 bits per heavy atom. The van der Waals surface area contributed by atoms with E-state index in [1.54, 1.807) is 0 Å². The second-order valence-electron chi connectivity index (χ2n) is 5.74. The average molecular weight is 245 g/mol. The summed E-state index contributed by atoms with van der Waals surface area (Å²) >= 11 is 0. The Morgan fingerprint density at radius 2 is 1.94 bits per heavy atom. The van der Waals surface area contributed by atoms with Crippen molar-refractivity contribution in [3.05, 3.63) is 29.9 Å². The lowest BCUT2D eigenvalue weighted by atomic mass is 10.1. The van der Waals surface area contributed by atoms with Gasteiger partial charge in [0.15, 0.2) is 0 Å². The number of rotatable bonds is 5. The van der Waals surface area contributed by atoms with Crippen LogP contribution in [0.5, 0.6) is 0 Å². The average Bonchev–Trinajstić information content (AvgIpc) is 3.11. The molecule has 0 amide bonds. The predicted molar refractivity (Wildman–Crippen MR) is 75.4 cm³/mol. The van der Waals surface area contributed by atoms with Crippen LogP contribution in [0, 0.1) is 0 Å². The number of hydrogen-bond donors (Lipinski definition) is 1. The maximum atomic E-state index is 4.68. The summed E-state index contributed by atoms with van der Waals surface area (Å²) in [6, 6.07) is 2.44. The molecule has 0 aliphatic heterocycles. The van der Waals surface area contributed by atoms with E-state index in [2.05, 4.69) is 55.6 Å². The molecule has 3 nitrogen and oxygen atoms in total. The van der Waals surface area contributed by atoms with Crippen LogP contribution in [0.2, 0.25) is 0 Å². The first-order valence-electron chi connectivity index (χ1n) is 6.82. The molecule has 0 spiro atoms. The molecule has 1 fully saturated rings. The first-order chi connectivity index (χ1) is 8.47. The van der Waals surface area contributed by atoms with E-state index < -0.39 is 0 Å². The maximum Gasteiger partial charge on any atom is 0.132 e. The van der Waals surface area contributed by atoms with Crippen molar-refractivity contribution in [3.63, 3.8) is 0 Å². The van der Waals surface area contributed by atoms with Crippen molar-refractivity contribution in [2.45, 2.75) is 58.4 Å². The number of hydrogen-bond acceptors (Lipinski definition) is 3. The van der Waals surface area contributed by atoms with Crippen LogP contribution >= 0.6 is 0 Å². The van der Waals surface area contributed by atoms with Crippen molar-refractivity contribution in [2.24, 2.45) is 0 Å². The van der Waals surface area contributed by atoms with Gasteiger partial charge >= 0.3 is 0 Å². The molecular weight excluding hydrogens is 222 g/mol. The van der Waals surface area contributed by atoms with Crippen LogP contribution < -0.4 is 5.32 Å². The van der Waals surface area contributed by atoms with Crippen LogP contribution in [0.4, 0.5) is 0 Å². The lowest BCUT2D eigenvalue weighted by molar-refractivity contribution is 0.711. The van der Waals surface area contributed by atoms with E-state index in [1.807, 2.05) is 0 Å². The smallest absolute Gasteiger partial charge is 0.132 e. The van der Waals surface area contributed by atoms with E-state index in [9.17, 15) is 0 Å². The van der Waals surface area contributed by atoms with Crippen molar-refractivity contribution in [1.82, 2.24) is 15.3 Å². The summed E-state index contributed by atoms with van der Waals surface area (Å²) < 4.78 is 0. The highest BCUT2D eigenvalue weighted by Crippen LogP contribution is 2.38. The Labute approximate surface area is 110 Å². The summed E-state index contributed by atoms with van der Waals surface area (Å²) in [6.45, 7) is 12.6. The number of nitrogens with zero attached hydrogens (tertiary/aromatic N) is 2. The van der Waals surface area contributed by atoms with Crippen molar-refractivity contribution in [1.29, 1.82) is 0 Å². The van der Waals surface area contributed by atoms with Gasteiger partial charge in [0, 0.05) is 17.7 Å². The molecule has 3 heteroatoms. The van der Waals surface area contributed by atoms with E-state index in [4.69, 9.17) is 0 Å². The fraction of sp³-hybridized carbons (Fsp3) is 0.600. The van der Waals surface area contributed by atoms with Crippen molar-refractivity contribution in [2.75, 3.05) is 0 Å². The molecule has 1 saturated carbocycles. The minimum atomic E-state index is 0.374.